The Morgan fingerprint density at radius 2 is 1.83 bits per heavy atom. The van der Waals surface area contributed by atoms with E-state index >= 15 is 0 Å². The van der Waals surface area contributed by atoms with E-state index in [1.165, 1.54) is 5.82 Å². The van der Waals surface area contributed by atoms with Crippen molar-refractivity contribution >= 4 is 11.0 Å². The van der Waals surface area contributed by atoms with Crippen molar-refractivity contribution in [3.63, 3.8) is 0 Å². The van der Waals surface area contributed by atoms with Crippen LogP contribution in [-0.2, 0) is 6.54 Å². The third kappa shape index (κ3) is 3.15. The van der Waals surface area contributed by atoms with Gasteiger partial charge in [-0.2, -0.15) is 0 Å². The molecule has 0 unspecified atom stereocenters. The molecule has 2 heterocycles. The van der Waals surface area contributed by atoms with E-state index in [1.54, 1.807) is 0 Å². The molecular formula is C18H27N3O2. The van der Waals surface area contributed by atoms with Gasteiger partial charge in [-0.15, -0.1) is 0 Å². The lowest BCUT2D eigenvalue weighted by atomic mass is 10.0. The Hall–Kier alpha value is -1.75. The number of hydrogen-bond acceptors (Lipinski definition) is 4. The summed E-state index contributed by atoms with van der Waals surface area (Å²) in [7, 11) is 0. The Morgan fingerprint density at radius 1 is 1.13 bits per heavy atom. The van der Waals surface area contributed by atoms with Crippen molar-refractivity contribution in [1.29, 1.82) is 0 Å². The molecule has 2 N–H and O–H groups in total. The zero-order valence-electron chi connectivity index (χ0n) is 14.2. The van der Waals surface area contributed by atoms with Crippen molar-refractivity contribution in [2.24, 2.45) is 5.73 Å². The van der Waals surface area contributed by atoms with E-state index < -0.39 is 0 Å². The molecule has 2 aromatic rings. The van der Waals surface area contributed by atoms with Gasteiger partial charge in [0.1, 0.15) is 19.0 Å². The van der Waals surface area contributed by atoms with Crippen LogP contribution in [0, 0.1) is 0 Å². The van der Waals surface area contributed by atoms with E-state index in [-0.39, 0.29) is 0 Å². The Kier molecular flexibility index (Phi) is 5.06. The molecule has 0 amide bonds. The highest BCUT2D eigenvalue weighted by Gasteiger charge is 2.21. The third-order valence-corrected chi connectivity index (χ3v) is 4.63. The Bertz CT molecular complexity index is 662. The predicted octanol–water partition coefficient (Wildman–Crippen LogP) is 3.45. The van der Waals surface area contributed by atoms with Crippen LogP contribution in [0.25, 0.3) is 11.0 Å². The summed E-state index contributed by atoms with van der Waals surface area (Å²) >= 11 is 0. The maximum absolute atomic E-state index is 5.75. The number of aromatic nitrogens is 2. The first-order valence-electron chi connectivity index (χ1n) is 8.78. The van der Waals surface area contributed by atoms with E-state index in [1.807, 2.05) is 6.07 Å². The number of benzene rings is 1. The van der Waals surface area contributed by atoms with Crippen LogP contribution < -0.4 is 15.2 Å². The number of aryl methyl sites for hydroxylation is 1. The molecule has 0 saturated carbocycles. The first-order valence-corrected chi connectivity index (χ1v) is 8.78. The molecule has 1 aromatic heterocycles. The minimum Gasteiger partial charge on any atom is -0.486 e. The molecular weight excluding hydrogens is 290 g/mol. The second-order valence-corrected chi connectivity index (χ2v) is 6.12. The van der Waals surface area contributed by atoms with Crippen LogP contribution in [0.5, 0.6) is 11.5 Å². The molecule has 23 heavy (non-hydrogen) atoms. The summed E-state index contributed by atoms with van der Waals surface area (Å²) in [6.45, 7) is 7.37. The van der Waals surface area contributed by atoms with E-state index in [2.05, 4.69) is 24.5 Å². The lowest BCUT2D eigenvalue weighted by Crippen LogP contribution is -2.15. The highest BCUT2D eigenvalue weighted by molar-refractivity contribution is 5.81. The molecule has 0 radical (unpaired) electrons. The van der Waals surface area contributed by atoms with Crippen LogP contribution >= 0.6 is 0 Å². The van der Waals surface area contributed by atoms with Crippen LogP contribution in [0.4, 0.5) is 0 Å². The zero-order valence-corrected chi connectivity index (χ0v) is 14.2. The van der Waals surface area contributed by atoms with Crippen molar-refractivity contribution in [3.05, 3.63) is 18.0 Å². The second-order valence-electron chi connectivity index (χ2n) is 6.12. The first-order chi connectivity index (χ1) is 11.3. The quantitative estimate of drug-likeness (QED) is 0.795. The second kappa shape index (κ2) is 7.21. The highest BCUT2D eigenvalue weighted by Crippen LogP contribution is 2.36. The maximum Gasteiger partial charge on any atom is 0.163 e. The summed E-state index contributed by atoms with van der Waals surface area (Å²) in [5, 5.41) is 0. The van der Waals surface area contributed by atoms with Crippen molar-refractivity contribution in [1.82, 2.24) is 9.55 Å². The molecule has 0 saturated heterocycles. The van der Waals surface area contributed by atoms with Crippen LogP contribution in [-0.4, -0.2) is 29.3 Å². The number of hydrogen-bond donors (Lipinski definition) is 1. The Morgan fingerprint density at radius 3 is 2.48 bits per heavy atom. The fourth-order valence-corrected chi connectivity index (χ4v) is 3.30. The Labute approximate surface area is 137 Å². The standard InChI is InChI=1S/C18H27N3O2/c1-3-13(4-2)18-20-14-11-16-17(23-10-9-22-16)12-15(14)21(18)8-6-5-7-19/h11-13H,3-10,19H2,1-2H3. The summed E-state index contributed by atoms with van der Waals surface area (Å²) in [6, 6.07) is 4.11. The van der Waals surface area contributed by atoms with Gasteiger partial charge < -0.3 is 19.8 Å². The molecule has 1 aliphatic heterocycles. The van der Waals surface area contributed by atoms with Gasteiger partial charge in [0.15, 0.2) is 11.5 Å². The number of nitrogens with two attached hydrogens (primary N) is 1. The van der Waals surface area contributed by atoms with Crippen LogP contribution in [0.2, 0.25) is 0 Å². The zero-order chi connectivity index (χ0) is 16.2. The van der Waals surface area contributed by atoms with E-state index in [9.17, 15) is 0 Å². The third-order valence-electron chi connectivity index (χ3n) is 4.63. The van der Waals surface area contributed by atoms with Gasteiger partial charge in [-0.3, -0.25) is 0 Å². The molecule has 126 valence electrons. The topological polar surface area (TPSA) is 62.3 Å². The number of imidazole rings is 1. The van der Waals surface area contributed by atoms with Crippen molar-refractivity contribution in [2.75, 3.05) is 19.8 Å². The molecule has 5 nitrogen and oxygen atoms in total. The van der Waals surface area contributed by atoms with Gasteiger partial charge in [0.25, 0.3) is 0 Å². The fourth-order valence-electron chi connectivity index (χ4n) is 3.30. The molecule has 1 aliphatic rings. The average Bonchev–Trinajstić information content (AvgIpc) is 2.92. The predicted molar refractivity (Wildman–Crippen MR) is 92.3 cm³/mol. The van der Waals surface area contributed by atoms with Gasteiger partial charge >= 0.3 is 0 Å². The number of ether oxygens (including phenoxy) is 2. The fraction of sp³-hybridized carbons (Fsp3) is 0.611. The summed E-state index contributed by atoms with van der Waals surface area (Å²) in [4.78, 5) is 4.94. The van der Waals surface area contributed by atoms with Gasteiger partial charge in [-0.25, -0.2) is 4.98 Å². The minimum absolute atomic E-state index is 0.485. The minimum atomic E-state index is 0.485. The van der Waals surface area contributed by atoms with Gasteiger partial charge in [0, 0.05) is 24.6 Å². The molecule has 0 aliphatic carbocycles. The summed E-state index contributed by atoms with van der Waals surface area (Å²) in [5.41, 5.74) is 7.81. The normalized spacial score (nSPS) is 13.9. The number of unbranched alkanes of at least 4 members (excludes halogenated alkanes) is 1. The molecule has 0 atom stereocenters. The average molecular weight is 317 g/mol. The monoisotopic (exact) mass is 317 g/mol. The van der Waals surface area contributed by atoms with Gasteiger partial charge in [0.05, 0.1) is 11.0 Å². The number of fused-ring (bicyclic) bond motifs is 2. The smallest absolute Gasteiger partial charge is 0.163 e. The van der Waals surface area contributed by atoms with Gasteiger partial charge in [-0.1, -0.05) is 13.8 Å². The maximum atomic E-state index is 5.75. The lowest BCUT2D eigenvalue weighted by molar-refractivity contribution is 0.172. The van der Waals surface area contributed by atoms with Gasteiger partial charge in [0.2, 0.25) is 0 Å². The van der Waals surface area contributed by atoms with E-state index in [0.717, 1.165) is 61.3 Å². The molecule has 0 fully saturated rings. The molecule has 1 aromatic carbocycles. The summed E-state index contributed by atoms with van der Waals surface area (Å²) in [5.74, 6) is 3.31. The summed E-state index contributed by atoms with van der Waals surface area (Å²) < 4.78 is 13.8. The molecule has 0 bridgehead atoms. The van der Waals surface area contributed by atoms with E-state index in [4.69, 9.17) is 20.2 Å². The lowest BCUT2D eigenvalue weighted by Gasteiger charge is -2.19. The number of rotatable bonds is 7. The van der Waals surface area contributed by atoms with E-state index in [0.29, 0.717) is 19.1 Å². The van der Waals surface area contributed by atoms with Crippen LogP contribution in [0.3, 0.4) is 0 Å². The number of nitrogens with zero attached hydrogens (tertiary/aromatic N) is 2. The van der Waals surface area contributed by atoms with Crippen molar-refractivity contribution in [2.45, 2.75) is 52.0 Å². The van der Waals surface area contributed by atoms with Crippen molar-refractivity contribution in [3.8, 4) is 11.5 Å². The highest BCUT2D eigenvalue weighted by atomic mass is 16.6. The van der Waals surface area contributed by atoms with Crippen molar-refractivity contribution < 1.29 is 9.47 Å². The van der Waals surface area contributed by atoms with Crippen LogP contribution in [0.1, 0.15) is 51.3 Å². The SMILES string of the molecule is CCC(CC)c1nc2cc3c(cc2n1CCCCN)OCCO3. The first kappa shape index (κ1) is 16.1. The van der Waals surface area contributed by atoms with Gasteiger partial charge in [-0.05, 0) is 32.2 Å². The van der Waals surface area contributed by atoms with Crippen LogP contribution in [0.15, 0.2) is 12.1 Å². The Balaban J connectivity index is 2.06. The molecule has 5 heteroatoms. The molecule has 3 rings (SSSR count). The molecule has 0 spiro atoms. The largest absolute Gasteiger partial charge is 0.486 e. The summed E-state index contributed by atoms with van der Waals surface area (Å²) in [6.07, 6.45) is 4.31.